The molecule has 0 aliphatic carbocycles. The number of halogens is 1. The van der Waals surface area contributed by atoms with E-state index >= 15 is 0 Å². The van der Waals surface area contributed by atoms with Gasteiger partial charge in [-0.15, -0.1) is 0 Å². The Labute approximate surface area is 110 Å². The summed E-state index contributed by atoms with van der Waals surface area (Å²) >= 11 is 8.75. The summed E-state index contributed by atoms with van der Waals surface area (Å²) in [5.74, 6) is 0. The van der Waals surface area contributed by atoms with Gasteiger partial charge in [-0.25, -0.2) is 0 Å². The predicted octanol–water partition coefficient (Wildman–Crippen LogP) is 1.90. The Morgan fingerprint density at radius 1 is 1.69 bits per heavy atom. The highest BCUT2D eigenvalue weighted by molar-refractivity contribution is 9.10. The Morgan fingerprint density at radius 3 is 2.75 bits per heavy atom. The van der Waals surface area contributed by atoms with Crippen molar-refractivity contribution in [2.45, 2.75) is 26.4 Å². The molecule has 0 aliphatic heterocycles. The van der Waals surface area contributed by atoms with Crippen LogP contribution in [0.1, 0.15) is 19.5 Å². The van der Waals surface area contributed by atoms with Crippen LogP contribution < -0.4 is 5.32 Å². The first kappa shape index (κ1) is 13.4. The zero-order chi connectivity index (χ0) is 12.3. The van der Waals surface area contributed by atoms with Crippen molar-refractivity contribution < 1.29 is 0 Å². The van der Waals surface area contributed by atoms with E-state index in [0.29, 0.717) is 6.04 Å². The van der Waals surface area contributed by atoms with Crippen molar-refractivity contribution in [2.24, 2.45) is 7.05 Å². The van der Waals surface area contributed by atoms with E-state index in [0.717, 1.165) is 21.8 Å². The molecule has 1 aromatic rings. The molecular weight excluding hydrogens is 288 g/mol. The fourth-order valence-electron chi connectivity index (χ4n) is 1.27. The summed E-state index contributed by atoms with van der Waals surface area (Å²) in [7, 11) is 3.89. The van der Waals surface area contributed by atoms with E-state index < -0.39 is 0 Å². The number of thiocarbonyl (C=S) groups is 1. The highest BCUT2D eigenvalue weighted by Gasteiger charge is 2.11. The lowest BCUT2D eigenvalue weighted by Gasteiger charge is -2.22. The van der Waals surface area contributed by atoms with Gasteiger partial charge in [0.2, 0.25) is 0 Å². The van der Waals surface area contributed by atoms with Gasteiger partial charge in [0.25, 0.3) is 0 Å². The maximum absolute atomic E-state index is 5.28. The normalized spacial score (nSPS) is 10.6. The smallest absolute Gasteiger partial charge is 0.169 e. The Hall–Kier alpha value is -0.620. The van der Waals surface area contributed by atoms with Gasteiger partial charge in [0.1, 0.15) is 0 Å². The molecule has 0 bridgehead atoms. The second-order valence-electron chi connectivity index (χ2n) is 4.02. The molecule has 0 fully saturated rings. The van der Waals surface area contributed by atoms with Crippen LogP contribution in [-0.2, 0) is 13.6 Å². The van der Waals surface area contributed by atoms with Gasteiger partial charge in [0, 0.05) is 20.1 Å². The van der Waals surface area contributed by atoms with E-state index in [9.17, 15) is 0 Å². The molecule has 0 atom stereocenters. The van der Waals surface area contributed by atoms with E-state index in [1.165, 1.54) is 0 Å². The lowest BCUT2D eigenvalue weighted by atomic mass is 10.4. The van der Waals surface area contributed by atoms with E-state index in [-0.39, 0.29) is 0 Å². The van der Waals surface area contributed by atoms with E-state index in [1.54, 1.807) is 6.20 Å². The Balaban J connectivity index is 2.64. The van der Waals surface area contributed by atoms with Gasteiger partial charge in [-0.2, -0.15) is 5.10 Å². The average Bonchev–Trinajstić information content (AvgIpc) is 2.48. The SMILES string of the molecule is CC(C)NC(=S)N(C)Cc1c(Br)cnn1C. The number of aryl methyl sites for hydroxylation is 1. The summed E-state index contributed by atoms with van der Waals surface area (Å²) in [5, 5.41) is 8.13. The summed E-state index contributed by atoms with van der Waals surface area (Å²) in [6, 6.07) is 0.352. The monoisotopic (exact) mass is 304 g/mol. The van der Waals surface area contributed by atoms with Crippen LogP contribution in [0, 0.1) is 0 Å². The molecule has 90 valence electrons. The lowest BCUT2D eigenvalue weighted by molar-refractivity contribution is 0.459. The first-order chi connectivity index (χ1) is 7.41. The third-order valence-electron chi connectivity index (χ3n) is 2.16. The molecule has 0 aliphatic rings. The third-order valence-corrected chi connectivity index (χ3v) is 3.25. The third kappa shape index (κ3) is 3.45. The summed E-state index contributed by atoms with van der Waals surface area (Å²) in [6.07, 6.45) is 1.79. The van der Waals surface area contributed by atoms with Crippen molar-refractivity contribution >= 4 is 33.3 Å². The number of nitrogens with one attached hydrogen (secondary N) is 1. The van der Waals surface area contributed by atoms with E-state index in [2.05, 4.69) is 40.2 Å². The molecule has 16 heavy (non-hydrogen) atoms. The molecule has 0 aromatic carbocycles. The highest BCUT2D eigenvalue weighted by atomic mass is 79.9. The second-order valence-corrected chi connectivity index (χ2v) is 5.26. The van der Waals surface area contributed by atoms with Crippen molar-refractivity contribution in [3.05, 3.63) is 16.4 Å². The fraction of sp³-hybridized carbons (Fsp3) is 0.600. The van der Waals surface area contributed by atoms with Crippen LogP contribution in [0.15, 0.2) is 10.7 Å². The molecule has 1 rings (SSSR count). The number of aromatic nitrogens is 2. The minimum atomic E-state index is 0.352. The molecular formula is C10H17BrN4S. The standard InChI is InChI=1S/C10H17BrN4S/c1-7(2)13-10(16)14(3)6-9-8(11)5-12-15(9)4/h5,7H,6H2,1-4H3,(H,13,16). The molecule has 0 saturated heterocycles. The molecule has 1 aromatic heterocycles. The number of hydrogen-bond acceptors (Lipinski definition) is 2. The van der Waals surface area contributed by atoms with Crippen molar-refractivity contribution in [1.29, 1.82) is 0 Å². The van der Waals surface area contributed by atoms with Gasteiger partial charge in [-0.1, -0.05) is 0 Å². The van der Waals surface area contributed by atoms with E-state index in [4.69, 9.17) is 12.2 Å². The molecule has 0 unspecified atom stereocenters. The predicted molar refractivity (Wildman–Crippen MR) is 73.2 cm³/mol. The molecule has 4 nitrogen and oxygen atoms in total. The number of hydrogen-bond donors (Lipinski definition) is 1. The van der Waals surface area contributed by atoms with Crippen molar-refractivity contribution in [2.75, 3.05) is 7.05 Å². The average molecular weight is 305 g/mol. The highest BCUT2D eigenvalue weighted by Crippen LogP contribution is 2.16. The van der Waals surface area contributed by atoms with Crippen LogP contribution in [0.4, 0.5) is 0 Å². The quantitative estimate of drug-likeness (QED) is 0.865. The molecule has 0 radical (unpaired) electrons. The van der Waals surface area contributed by atoms with Gasteiger partial charge < -0.3 is 10.2 Å². The van der Waals surface area contributed by atoms with Crippen molar-refractivity contribution in [3.8, 4) is 0 Å². The second kappa shape index (κ2) is 5.63. The van der Waals surface area contributed by atoms with Crippen LogP contribution >= 0.6 is 28.1 Å². The minimum Gasteiger partial charge on any atom is -0.360 e. The topological polar surface area (TPSA) is 33.1 Å². The van der Waals surface area contributed by atoms with Crippen LogP contribution in [0.3, 0.4) is 0 Å². The van der Waals surface area contributed by atoms with Gasteiger partial charge in [-0.3, -0.25) is 4.68 Å². The largest absolute Gasteiger partial charge is 0.360 e. The van der Waals surface area contributed by atoms with Crippen LogP contribution in [0.2, 0.25) is 0 Å². The lowest BCUT2D eigenvalue weighted by Crippen LogP contribution is -2.40. The summed E-state index contributed by atoms with van der Waals surface area (Å²) in [4.78, 5) is 2.00. The Morgan fingerprint density at radius 2 is 2.31 bits per heavy atom. The van der Waals surface area contributed by atoms with Crippen molar-refractivity contribution in [3.63, 3.8) is 0 Å². The van der Waals surface area contributed by atoms with Gasteiger partial charge in [0.15, 0.2) is 5.11 Å². The zero-order valence-electron chi connectivity index (χ0n) is 9.99. The fourth-order valence-corrected chi connectivity index (χ4v) is 2.04. The molecule has 1 N–H and O–H groups in total. The number of rotatable bonds is 3. The molecule has 0 amide bonds. The molecule has 0 spiro atoms. The van der Waals surface area contributed by atoms with Gasteiger partial charge in [-0.05, 0) is 42.0 Å². The number of nitrogens with zero attached hydrogens (tertiary/aromatic N) is 3. The van der Waals surface area contributed by atoms with Crippen LogP contribution in [0.25, 0.3) is 0 Å². The maximum atomic E-state index is 5.28. The van der Waals surface area contributed by atoms with E-state index in [1.807, 2.05) is 23.7 Å². The summed E-state index contributed by atoms with van der Waals surface area (Å²) < 4.78 is 2.85. The summed E-state index contributed by atoms with van der Waals surface area (Å²) in [6.45, 7) is 4.87. The summed E-state index contributed by atoms with van der Waals surface area (Å²) in [5.41, 5.74) is 1.11. The van der Waals surface area contributed by atoms with Crippen LogP contribution in [-0.4, -0.2) is 32.9 Å². The Kier molecular flexibility index (Phi) is 4.73. The van der Waals surface area contributed by atoms with Crippen LogP contribution in [0.5, 0.6) is 0 Å². The first-order valence-corrected chi connectivity index (χ1v) is 6.30. The molecule has 0 saturated carbocycles. The zero-order valence-corrected chi connectivity index (χ0v) is 12.4. The van der Waals surface area contributed by atoms with Gasteiger partial charge >= 0.3 is 0 Å². The molecule has 1 heterocycles. The van der Waals surface area contributed by atoms with Gasteiger partial charge in [0.05, 0.1) is 22.9 Å². The molecule has 6 heteroatoms. The minimum absolute atomic E-state index is 0.352. The first-order valence-electron chi connectivity index (χ1n) is 5.09. The Bertz CT molecular complexity index is 355. The van der Waals surface area contributed by atoms with Crippen molar-refractivity contribution in [1.82, 2.24) is 20.0 Å². The maximum Gasteiger partial charge on any atom is 0.169 e.